The van der Waals surface area contributed by atoms with Crippen LogP contribution in [0, 0.1) is 0 Å². The quantitative estimate of drug-likeness (QED) is 0.153. The molecule has 12 aromatic rings. The summed E-state index contributed by atoms with van der Waals surface area (Å²) < 4.78 is 9.07. The number of anilines is 3. The van der Waals surface area contributed by atoms with Crippen LogP contribution in [0.5, 0.6) is 0 Å². The van der Waals surface area contributed by atoms with Gasteiger partial charge in [0.15, 0.2) is 0 Å². The van der Waals surface area contributed by atoms with Crippen molar-refractivity contribution in [2.45, 2.75) is 0 Å². The molecule has 0 fully saturated rings. The lowest BCUT2D eigenvalue weighted by molar-refractivity contribution is 0.670. The first-order chi connectivity index (χ1) is 31.3. The van der Waals surface area contributed by atoms with Gasteiger partial charge in [0.05, 0.1) is 28.1 Å². The fraction of sp³-hybridized carbons (Fsp3) is 0. The molecule has 63 heavy (non-hydrogen) atoms. The molecule has 0 aliphatic heterocycles. The number of aromatic nitrogens is 1. The van der Waals surface area contributed by atoms with E-state index in [9.17, 15) is 0 Å². The Balaban J connectivity index is 1.09. The summed E-state index contributed by atoms with van der Waals surface area (Å²) in [6, 6.07) is 87.1. The zero-order chi connectivity index (χ0) is 41.7. The average Bonchev–Trinajstić information content (AvgIpc) is 3.92. The Morgan fingerprint density at radius 1 is 0.317 bits per heavy atom. The van der Waals surface area contributed by atoms with Gasteiger partial charge in [0.25, 0.3) is 0 Å². The number of hydrogen-bond acceptors (Lipinski definition) is 2. The first kappa shape index (κ1) is 36.5. The minimum Gasteiger partial charge on any atom is -0.455 e. The van der Waals surface area contributed by atoms with E-state index in [0.717, 1.165) is 78.0 Å². The Kier molecular flexibility index (Phi) is 8.83. The van der Waals surface area contributed by atoms with E-state index in [1.54, 1.807) is 0 Å². The third kappa shape index (κ3) is 6.21. The summed E-state index contributed by atoms with van der Waals surface area (Å²) >= 11 is 0. The van der Waals surface area contributed by atoms with Gasteiger partial charge in [0.1, 0.15) is 11.2 Å². The summed E-state index contributed by atoms with van der Waals surface area (Å²) in [5.41, 5.74) is 17.6. The summed E-state index contributed by atoms with van der Waals surface area (Å²) in [7, 11) is 0. The van der Waals surface area contributed by atoms with E-state index in [0.29, 0.717) is 0 Å². The van der Waals surface area contributed by atoms with Gasteiger partial charge < -0.3 is 13.9 Å². The summed E-state index contributed by atoms with van der Waals surface area (Å²) in [6.07, 6.45) is 0. The van der Waals surface area contributed by atoms with Crippen LogP contribution in [0.3, 0.4) is 0 Å². The van der Waals surface area contributed by atoms with Crippen molar-refractivity contribution >= 4 is 60.8 Å². The van der Waals surface area contributed by atoms with Crippen molar-refractivity contribution in [2.24, 2.45) is 0 Å². The van der Waals surface area contributed by atoms with Crippen molar-refractivity contribution in [3.63, 3.8) is 0 Å². The summed E-state index contributed by atoms with van der Waals surface area (Å²) in [5.74, 6) is 0. The van der Waals surface area contributed by atoms with E-state index < -0.39 is 0 Å². The zero-order valence-electron chi connectivity index (χ0n) is 34.4. The minimum absolute atomic E-state index is 0.892. The van der Waals surface area contributed by atoms with Gasteiger partial charge in [-0.05, 0) is 76.3 Å². The van der Waals surface area contributed by atoms with E-state index >= 15 is 0 Å². The Hall–Kier alpha value is -8.40. The Morgan fingerprint density at radius 2 is 0.825 bits per heavy atom. The second-order valence-corrected chi connectivity index (χ2v) is 16.0. The highest BCUT2D eigenvalue weighted by Gasteiger charge is 2.24. The van der Waals surface area contributed by atoms with Crippen LogP contribution in [0.25, 0.3) is 93.9 Å². The molecule has 296 valence electrons. The maximum absolute atomic E-state index is 6.63. The van der Waals surface area contributed by atoms with Gasteiger partial charge in [-0.2, -0.15) is 0 Å². The van der Waals surface area contributed by atoms with Gasteiger partial charge in [-0.15, -0.1) is 0 Å². The lowest BCUT2D eigenvalue weighted by Crippen LogP contribution is -2.11. The molecule has 2 heterocycles. The molecule has 0 saturated carbocycles. The highest BCUT2D eigenvalue weighted by atomic mass is 16.3. The van der Waals surface area contributed by atoms with Gasteiger partial charge in [-0.1, -0.05) is 194 Å². The SMILES string of the molecule is c1ccc(-c2ccc(-c3ccccc3N(c3ccc(-c4ccccc4)cc3)c3cccc4c3c3ccccc3n4-c3ccccc3-c3cccc4c3oc3ccccc34)cc2)cc1. The van der Waals surface area contributed by atoms with Crippen LogP contribution in [0.4, 0.5) is 17.1 Å². The first-order valence-corrected chi connectivity index (χ1v) is 21.5. The number of nitrogens with zero attached hydrogens (tertiary/aromatic N) is 2. The van der Waals surface area contributed by atoms with E-state index in [4.69, 9.17) is 4.42 Å². The highest BCUT2D eigenvalue weighted by Crippen LogP contribution is 2.48. The molecule has 3 heteroatoms. The fourth-order valence-electron chi connectivity index (χ4n) is 9.53. The van der Waals surface area contributed by atoms with Gasteiger partial charge >= 0.3 is 0 Å². The van der Waals surface area contributed by atoms with Crippen molar-refractivity contribution in [2.75, 3.05) is 4.90 Å². The average molecular weight is 805 g/mol. The molecule has 0 radical (unpaired) electrons. The number of hydrogen-bond donors (Lipinski definition) is 0. The molecule has 10 aromatic carbocycles. The van der Waals surface area contributed by atoms with E-state index in [2.05, 4.69) is 246 Å². The molecule has 12 rings (SSSR count). The molecule has 2 aromatic heterocycles. The van der Waals surface area contributed by atoms with Crippen molar-refractivity contribution in [1.82, 2.24) is 4.57 Å². The van der Waals surface area contributed by atoms with Crippen LogP contribution >= 0.6 is 0 Å². The van der Waals surface area contributed by atoms with E-state index in [1.807, 2.05) is 6.07 Å². The molecular weight excluding hydrogens is 765 g/mol. The maximum atomic E-state index is 6.63. The van der Waals surface area contributed by atoms with Crippen LogP contribution in [0.15, 0.2) is 247 Å². The van der Waals surface area contributed by atoms with Crippen LogP contribution < -0.4 is 4.90 Å². The molecule has 0 amide bonds. The van der Waals surface area contributed by atoms with Crippen LogP contribution in [0.2, 0.25) is 0 Å². The number of rotatable bonds is 8. The standard InChI is InChI=1S/C60H40N2O/c1-3-17-41(18-4-1)43-33-35-45(36-34-43)47-21-7-11-27-53(47)61(46-39-37-44(38-40-46)42-19-5-2-6-20-42)56-30-16-31-57-59(56)52-24-9-13-29-55(52)62(57)54-28-12-8-22-48(54)50-25-15-26-51-49-23-10-14-32-58(49)63-60(50)51/h1-40H. The molecular formula is C60H40N2O. The molecule has 0 atom stereocenters. The van der Waals surface area contributed by atoms with Gasteiger partial charge in [-0.25, -0.2) is 0 Å². The monoisotopic (exact) mass is 804 g/mol. The summed E-state index contributed by atoms with van der Waals surface area (Å²) in [5, 5.41) is 4.59. The smallest absolute Gasteiger partial charge is 0.143 e. The number of para-hydroxylation sites is 5. The molecule has 0 N–H and O–H groups in total. The van der Waals surface area contributed by atoms with Gasteiger partial charge in [-0.3, -0.25) is 0 Å². The van der Waals surface area contributed by atoms with E-state index in [-0.39, 0.29) is 0 Å². The normalized spacial score (nSPS) is 11.5. The van der Waals surface area contributed by atoms with Gasteiger partial charge in [0, 0.05) is 43.9 Å². The highest BCUT2D eigenvalue weighted by molar-refractivity contribution is 6.18. The Bertz CT molecular complexity index is 3600. The molecule has 0 aliphatic carbocycles. The minimum atomic E-state index is 0.892. The van der Waals surface area contributed by atoms with Crippen molar-refractivity contribution < 1.29 is 4.42 Å². The fourth-order valence-corrected chi connectivity index (χ4v) is 9.53. The third-order valence-corrected chi connectivity index (χ3v) is 12.4. The Morgan fingerprint density at radius 3 is 1.59 bits per heavy atom. The second kappa shape index (κ2) is 15.3. The molecule has 0 aliphatic rings. The lowest BCUT2D eigenvalue weighted by atomic mass is 9.97. The predicted octanol–water partition coefficient (Wildman–Crippen LogP) is 16.8. The molecule has 3 nitrogen and oxygen atoms in total. The Labute approximate surface area is 366 Å². The molecule has 0 spiro atoms. The van der Waals surface area contributed by atoms with Crippen molar-refractivity contribution in [3.8, 4) is 50.2 Å². The van der Waals surface area contributed by atoms with Crippen molar-refractivity contribution in [1.29, 1.82) is 0 Å². The number of fused-ring (bicyclic) bond motifs is 6. The summed E-state index contributed by atoms with van der Waals surface area (Å²) in [4.78, 5) is 2.45. The van der Waals surface area contributed by atoms with Crippen LogP contribution in [0.1, 0.15) is 0 Å². The molecule has 0 unspecified atom stereocenters. The van der Waals surface area contributed by atoms with Gasteiger partial charge in [0.2, 0.25) is 0 Å². The second-order valence-electron chi connectivity index (χ2n) is 16.0. The third-order valence-electron chi connectivity index (χ3n) is 12.4. The van der Waals surface area contributed by atoms with Crippen LogP contribution in [-0.2, 0) is 0 Å². The number of benzene rings is 10. The first-order valence-electron chi connectivity index (χ1n) is 21.5. The maximum Gasteiger partial charge on any atom is 0.143 e. The topological polar surface area (TPSA) is 21.3 Å². The largest absolute Gasteiger partial charge is 0.455 e. The van der Waals surface area contributed by atoms with Crippen LogP contribution in [-0.4, -0.2) is 4.57 Å². The molecule has 0 bridgehead atoms. The lowest BCUT2D eigenvalue weighted by Gasteiger charge is -2.29. The van der Waals surface area contributed by atoms with Crippen molar-refractivity contribution in [3.05, 3.63) is 243 Å². The summed E-state index contributed by atoms with van der Waals surface area (Å²) in [6.45, 7) is 0. The van der Waals surface area contributed by atoms with E-state index in [1.165, 1.54) is 33.0 Å². The molecule has 0 saturated heterocycles. The number of furan rings is 1. The predicted molar refractivity (Wildman–Crippen MR) is 264 cm³/mol. The zero-order valence-corrected chi connectivity index (χ0v) is 34.4.